The molecule has 0 bridgehead atoms. The van der Waals surface area contributed by atoms with Crippen LogP contribution in [-0.2, 0) is 20.8 Å². The van der Waals surface area contributed by atoms with Crippen LogP contribution >= 0.6 is 0 Å². The number of ether oxygens (including phenoxy) is 3. The highest BCUT2D eigenvalue weighted by Crippen LogP contribution is 2.12. The highest BCUT2D eigenvalue weighted by atomic mass is 19.1. The highest BCUT2D eigenvalue weighted by Gasteiger charge is 2.26. The molecule has 0 aliphatic carbocycles. The Labute approximate surface area is 194 Å². The average Bonchev–Trinajstić information content (AvgIpc) is 2.83. The number of amides is 1. The molecular weight excluding hydrogens is 427 g/mol. The number of hydrogen-bond donors (Lipinski definition) is 1. The first kappa shape index (κ1) is 25.3. The van der Waals surface area contributed by atoms with E-state index in [0.717, 1.165) is 5.56 Å². The van der Waals surface area contributed by atoms with Crippen LogP contribution in [0.2, 0.25) is 0 Å². The third-order valence-corrected chi connectivity index (χ3v) is 5.48. The van der Waals surface area contributed by atoms with Crippen LogP contribution in [0.1, 0.15) is 15.9 Å². The molecule has 8 heteroatoms. The molecule has 0 unspecified atom stereocenters. The fraction of sp³-hybridized carbons (Fsp3) is 0.480. The zero-order valence-corrected chi connectivity index (χ0v) is 19.1. The summed E-state index contributed by atoms with van der Waals surface area (Å²) in [6.07, 6.45) is -0.810. The molecule has 1 fully saturated rings. The largest absolute Gasteiger partial charge is 0.389 e. The second-order valence-electron chi connectivity index (χ2n) is 8.16. The number of rotatable bonds is 12. The van der Waals surface area contributed by atoms with Crippen molar-refractivity contribution < 1.29 is 28.5 Å². The van der Waals surface area contributed by atoms with Gasteiger partial charge in [0.1, 0.15) is 5.82 Å². The van der Waals surface area contributed by atoms with Crippen LogP contribution in [0.4, 0.5) is 4.39 Å². The lowest BCUT2D eigenvalue weighted by Crippen LogP contribution is -2.51. The van der Waals surface area contributed by atoms with Gasteiger partial charge in [0, 0.05) is 45.4 Å². The lowest BCUT2D eigenvalue weighted by molar-refractivity contribution is -0.0605. The predicted octanol–water partition coefficient (Wildman–Crippen LogP) is 2.19. The molecule has 180 valence electrons. The molecule has 0 aromatic heterocycles. The van der Waals surface area contributed by atoms with Crippen LogP contribution in [-0.4, -0.2) is 92.7 Å². The minimum atomic E-state index is -0.613. The molecule has 0 saturated carbocycles. The summed E-state index contributed by atoms with van der Waals surface area (Å²) in [4.78, 5) is 16.7. The van der Waals surface area contributed by atoms with E-state index >= 15 is 0 Å². The number of carbonyl (C=O) groups excluding carboxylic acids is 1. The smallest absolute Gasteiger partial charge is 0.254 e. The topological polar surface area (TPSA) is 71.5 Å². The van der Waals surface area contributed by atoms with Crippen LogP contribution in [0.5, 0.6) is 0 Å². The second kappa shape index (κ2) is 13.4. The van der Waals surface area contributed by atoms with Gasteiger partial charge in [0.15, 0.2) is 0 Å². The lowest BCUT2D eigenvalue weighted by Gasteiger charge is -2.36. The van der Waals surface area contributed by atoms with Crippen molar-refractivity contribution in [3.8, 4) is 0 Å². The summed E-state index contributed by atoms with van der Waals surface area (Å²) in [7, 11) is 1.58. The Morgan fingerprint density at radius 2 is 2.00 bits per heavy atom. The summed E-state index contributed by atoms with van der Waals surface area (Å²) in [5.74, 6) is -0.574. The maximum Gasteiger partial charge on any atom is 0.254 e. The van der Waals surface area contributed by atoms with Gasteiger partial charge in [-0.25, -0.2) is 4.39 Å². The Morgan fingerprint density at radius 1 is 1.24 bits per heavy atom. The minimum Gasteiger partial charge on any atom is -0.389 e. The molecule has 2 aromatic rings. The Balaban J connectivity index is 1.48. The number of carbonyl (C=O) groups is 1. The molecule has 7 nitrogen and oxygen atoms in total. The Bertz CT molecular complexity index is 836. The Morgan fingerprint density at radius 3 is 2.73 bits per heavy atom. The summed E-state index contributed by atoms with van der Waals surface area (Å²) in [5, 5.41) is 10.4. The number of aliphatic hydroxyl groups is 1. The van der Waals surface area contributed by atoms with Gasteiger partial charge in [-0.15, -0.1) is 0 Å². The van der Waals surface area contributed by atoms with Gasteiger partial charge in [0.25, 0.3) is 5.91 Å². The first-order valence-electron chi connectivity index (χ1n) is 11.2. The molecule has 1 aliphatic rings. The van der Waals surface area contributed by atoms with E-state index in [4.69, 9.17) is 14.2 Å². The quantitative estimate of drug-likeness (QED) is 0.524. The van der Waals surface area contributed by atoms with Crippen LogP contribution in [0.15, 0.2) is 54.6 Å². The summed E-state index contributed by atoms with van der Waals surface area (Å²) in [6, 6.07) is 15.4. The van der Waals surface area contributed by atoms with Gasteiger partial charge < -0.3 is 24.2 Å². The normalized spacial score (nSPS) is 17.6. The number of methoxy groups -OCH3 is 1. The molecule has 2 aromatic carbocycles. The first-order valence-corrected chi connectivity index (χ1v) is 11.2. The third-order valence-electron chi connectivity index (χ3n) is 5.48. The number of β-amino-alcohol motifs (C(OH)–C–C–N with tert-alkyl or cyclic N) is 1. The molecule has 0 radical (unpaired) electrons. The average molecular weight is 461 g/mol. The standard InChI is InChI=1S/C25H33FN2O5/c1-31-13-12-28(25(30)21-7-9-22(26)10-8-21)17-24-16-27(11-14-33-24)15-23(29)19-32-18-20-5-3-2-4-6-20/h2-10,23-24,29H,11-19H2,1H3/t23-,24+/m0/s1. The van der Waals surface area contributed by atoms with Crippen molar-refractivity contribution in [1.82, 2.24) is 9.80 Å². The Hall–Kier alpha value is -2.36. The Kier molecular flexibility index (Phi) is 10.2. The maximum absolute atomic E-state index is 13.2. The van der Waals surface area contributed by atoms with E-state index in [1.807, 2.05) is 30.3 Å². The number of hydrogen-bond acceptors (Lipinski definition) is 6. The molecular formula is C25H33FN2O5. The van der Waals surface area contributed by atoms with Crippen LogP contribution in [0.25, 0.3) is 0 Å². The number of morpholine rings is 1. The van der Waals surface area contributed by atoms with Gasteiger partial charge in [-0.3, -0.25) is 9.69 Å². The molecule has 1 heterocycles. The number of nitrogens with zero attached hydrogens (tertiary/aromatic N) is 2. The lowest BCUT2D eigenvalue weighted by atomic mass is 10.1. The molecule has 3 rings (SSSR count). The van der Waals surface area contributed by atoms with Crippen LogP contribution < -0.4 is 0 Å². The molecule has 1 saturated heterocycles. The summed E-state index contributed by atoms with van der Waals surface area (Å²) < 4.78 is 29.9. The van der Waals surface area contributed by atoms with Gasteiger partial charge in [-0.2, -0.15) is 0 Å². The molecule has 1 N–H and O–H groups in total. The van der Waals surface area contributed by atoms with E-state index in [1.165, 1.54) is 24.3 Å². The fourth-order valence-corrected chi connectivity index (χ4v) is 3.79. The number of aliphatic hydroxyl groups excluding tert-OH is 1. The third kappa shape index (κ3) is 8.49. The molecule has 1 aliphatic heterocycles. The van der Waals surface area contributed by atoms with Gasteiger partial charge >= 0.3 is 0 Å². The van der Waals surface area contributed by atoms with Crippen LogP contribution in [0, 0.1) is 5.82 Å². The fourth-order valence-electron chi connectivity index (χ4n) is 3.79. The van der Waals surface area contributed by atoms with Gasteiger partial charge in [-0.1, -0.05) is 30.3 Å². The zero-order valence-electron chi connectivity index (χ0n) is 19.1. The number of benzene rings is 2. The number of halogens is 1. The van der Waals surface area contributed by atoms with Crippen molar-refractivity contribution in [1.29, 1.82) is 0 Å². The molecule has 33 heavy (non-hydrogen) atoms. The van der Waals surface area contributed by atoms with E-state index in [9.17, 15) is 14.3 Å². The van der Waals surface area contributed by atoms with Crippen molar-refractivity contribution >= 4 is 5.91 Å². The molecule has 0 spiro atoms. The van der Waals surface area contributed by atoms with Crippen molar-refractivity contribution in [3.05, 3.63) is 71.5 Å². The van der Waals surface area contributed by atoms with Gasteiger partial charge in [0.2, 0.25) is 0 Å². The second-order valence-corrected chi connectivity index (χ2v) is 8.16. The van der Waals surface area contributed by atoms with Gasteiger partial charge in [-0.05, 0) is 29.8 Å². The van der Waals surface area contributed by atoms with Crippen LogP contribution in [0.3, 0.4) is 0 Å². The summed E-state index contributed by atoms with van der Waals surface area (Å²) in [5.41, 5.74) is 1.49. The van der Waals surface area contributed by atoms with E-state index in [0.29, 0.717) is 58.1 Å². The maximum atomic E-state index is 13.2. The van der Waals surface area contributed by atoms with Crippen molar-refractivity contribution in [2.75, 3.05) is 59.7 Å². The SMILES string of the molecule is COCCN(C[C@H]1CN(C[C@H](O)COCc2ccccc2)CCO1)C(=O)c1ccc(F)cc1. The first-order chi connectivity index (χ1) is 16.0. The van der Waals surface area contributed by atoms with Crippen molar-refractivity contribution in [2.45, 2.75) is 18.8 Å². The molecule has 2 atom stereocenters. The summed E-state index contributed by atoms with van der Waals surface area (Å²) >= 11 is 0. The monoisotopic (exact) mass is 460 g/mol. The van der Waals surface area contributed by atoms with Crippen molar-refractivity contribution in [3.63, 3.8) is 0 Å². The summed E-state index contributed by atoms with van der Waals surface area (Å²) in [6.45, 7) is 4.18. The zero-order chi connectivity index (χ0) is 23.5. The highest BCUT2D eigenvalue weighted by molar-refractivity contribution is 5.94. The van der Waals surface area contributed by atoms with E-state index in [2.05, 4.69) is 4.90 Å². The van der Waals surface area contributed by atoms with Gasteiger partial charge in [0.05, 0.1) is 38.6 Å². The molecule has 1 amide bonds. The van der Waals surface area contributed by atoms with E-state index < -0.39 is 6.10 Å². The van der Waals surface area contributed by atoms with Crippen molar-refractivity contribution in [2.24, 2.45) is 0 Å². The predicted molar refractivity (Wildman–Crippen MR) is 122 cm³/mol. The minimum absolute atomic E-state index is 0.192. The van der Waals surface area contributed by atoms with E-state index in [1.54, 1.807) is 12.0 Å². The van der Waals surface area contributed by atoms with E-state index in [-0.39, 0.29) is 24.4 Å².